The van der Waals surface area contributed by atoms with Gasteiger partial charge in [0.2, 0.25) is 0 Å². The maximum atomic E-state index is 11.1. The molecule has 0 aliphatic carbocycles. The number of halogens is 1. The van der Waals surface area contributed by atoms with Gasteiger partial charge in [-0.05, 0) is 32.1 Å². The number of allylic oxidation sites excluding steroid dienone is 2. The molecular weight excluding hydrogens is 320 g/mol. The van der Waals surface area contributed by atoms with Crippen LogP contribution in [0, 0.1) is 0 Å². The second-order valence-corrected chi connectivity index (χ2v) is 6.98. The second-order valence-electron chi connectivity index (χ2n) is 6.60. The predicted octanol–water partition coefficient (Wildman–Crippen LogP) is 7.20. The number of alkyl halides is 1. The molecule has 0 amide bonds. The highest BCUT2D eigenvalue weighted by molar-refractivity contribution is 6.18. The van der Waals surface area contributed by atoms with Gasteiger partial charge in [-0.15, -0.1) is 11.6 Å². The van der Waals surface area contributed by atoms with Crippen molar-refractivity contribution in [3.05, 3.63) is 12.2 Å². The minimum atomic E-state index is -0.169. The monoisotopic (exact) mass is 358 g/mol. The van der Waals surface area contributed by atoms with Crippen molar-refractivity contribution in [1.29, 1.82) is 0 Å². The summed E-state index contributed by atoms with van der Waals surface area (Å²) in [4.78, 5) is 11.1. The Morgan fingerprint density at radius 3 is 1.83 bits per heavy atom. The zero-order valence-electron chi connectivity index (χ0n) is 15.9. The lowest BCUT2D eigenvalue weighted by Gasteiger charge is -2.03. The maximum absolute atomic E-state index is 11.1. The van der Waals surface area contributed by atoms with Crippen LogP contribution < -0.4 is 0 Å². The van der Waals surface area contributed by atoms with Gasteiger partial charge in [0.15, 0.2) is 0 Å². The fraction of sp³-hybridized carbons (Fsp3) is 0.857. The number of unbranched alkanes of at least 4 members (excludes halogenated alkanes) is 12. The molecule has 0 fully saturated rings. The minimum Gasteiger partial charge on any atom is -0.466 e. The summed E-state index contributed by atoms with van der Waals surface area (Å²) in [7, 11) is 0. The third-order valence-electron chi connectivity index (χ3n) is 4.22. The lowest BCUT2D eigenvalue weighted by molar-refractivity contribution is -0.143. The summed E-state index contributed by atoms with van der Waals surface area (Å²) in [5.74, 6) is 0.185. The number of carbonyl (C=O) groups is 1. The predicted molar refractivity (Wildman–Crippen MR) is 106 cm³/mol. The van der Waals surface area contributed by atoms with E-state index >= 15 is 0 Å². The van der Waals surface area contributed by atoms with Crippen LogP contribution in [0.15, 0.2) is 12.2 Å². The number of rotatable bonds is 18. The maximum Gasteiger partial charge on any atom is 0.306 e. The first-order valence-corrected chi connectivity index (χ1v) is 10.7. The molecule has 0 aromatic heterocycles. The molecule has 0 N–H and O–H groups in total. The summed E-state index contributed by atoms with van der Waals surface area (Å²) in [6, 6.07) is 0. The van der Waals surface area contributed by atoms with Crippen molar-refractivity contribution >= 4 is 17.6 Å². The largest absolute Gasteiger partial charge is 0.466 e. The molecule has 0 heterocycles. The summed E-state index contributed by atoms with van der Waals surface area (Å²) in [5.41, 5.74) is 0. The summed E-state index contributed by atoms with van der Waals surface area (Å²) in [6.45, 7) is 2.82. The van der Waals surface area contributed by atoms with E-state index in [2.05, 4.69) is 19.1 Å². The quantitative estimate of drug-likeness (QED) is 0.112. The Labute approximate surface area is 155 Å². The molecule has 0 unspecified atom stereocenters. The number of carbonyl (C=O) groups excluding carboxylic acids is 1. The van der Waals surface area contributed by atoms with Crippen molar-refractivity contribution in [2.45, 2.75) is 103 Å². The molecule has 0 aliphatic rings. The van der Waals surface area contributed by atoms with Crippen LogP contribution in [-0.2, 0) is 9.53 Å². The number of hydrogen-bond donors (Lipinski definition) is 0. The molecule has 0 saturated carbocycles. The van der Waals surface area contributed by atoms with E-state index in [0.717, 1.165) is 12.8 Å². The van der Waals surface area contributed by atoms with Gasteiger partial charge in [-0.25, -0.2) is 0 Å². The smallest absolute Gasteiger partial charge is 0.306 e. The molecule has 0 aromatic rings. The first kappa shape index (κ1) is 23.5. The fourth-order valence-corrected chi connectivity index (χ4v) is 2.84. The molecule has 0 bridgehead atoms. The van der Waals surface area contributed by atoms with Gasteiger partial charge < -0.3 is 4.74 Å². The van der Waals surface area contributed by atoms with Gasteiger partial charge in [-0.1, -0.05) is 76.9 Å². The summed E-state index contributed by atoms with van der Waals surface area (Å²) in [5, 5.41) is 0. The summed E-state index contributed by atoms with van der Waals surface area (Å²) in [6.07, 6.45) is 23.1. The van der Waals surface area contributed by atoms with Gasteiger partial charge in [0.25, 0.3) is 0 Å². The molecule has 0 saturated heterocycles. The highest BCUT2D eigenvalue weighted by atomic mass is 35.5. The molecule has 0 aromatic carbocycles. The first-order chi connectivity index (χ1) is 11.8. The number of hydrogen-bond acceptors (Lipinski definition) is 2. The first-order valence-electron chi connectivity index (χ1n) is 10.2. The van der Waals surface area contributed by atoms with E-state index in [4.69, 9.17) is 16.3 Å². The van der Waals surface area contributed by atoms with E-state index in [0.29, 0.717) is 18.9 Å². The number of esters is 1. The van der Waals surface area contributed by atoms with Crippen LogP contribution in [0.25, 0.3) is 0 Å². The molecule has 142 valence electrons. The van der Waals surface area contributed by atoms with Gasteiger partial charge in [0.1, 0.15) is 0 Å². The number of ether oxygens (including phenoxy) is 1. The van der Waals surface area contributed by atoms with E-state index in [-0.39, 0.29) is 5.97 Å². The van der Waals surface area contributed by atoms with Crippen LogP contribution in [0.5, 0.6) is 0 Å². The topological polar surface area (TPSA) is 26.3 Å². The van der Waals surface area contributed by atoms with Crippen LogP contribution in [0.3, 0.4) is 0 Å². The van der Waals surface area contributed by atoms with Crippen molar-refractivity contribution in [3.63, 3.8) is 0 Å². The van der Waals surface area contributed by atoms with E-state index in [1.807, 2.05) is 0 Å². The molecule has 0 atom stereocenters. The zero-order chi connectivity index (χ0) is 17.7. The fourth-order valence-electron chi connectivity index (χ4n) is 2.68. The molecule has 0 radical (unpaired) electrons. The van der Waals surface area contributed by atoms with Crippen molar-refractivity contribution in [1.82, 2.24) is 0 Å². The molecule has 0 rings (SSSR count). The van der Waals surface area contributed by atoms with Crippen LogP contribution in [0.2, 0.25) is 0 Å². The van der Waals surface area contributed by atoms with Gasteiger partial charge in [0, 0.05) is 5.88 Å². The molecule has 24 heavy (non-hydrogen) atoms. The molecule has 0 spiro atoms. The second kappa shape index (κ2) is 20.5. The molecule has 0 aliphatic heterocycles. The van der Waals surface area contributed by atoms with Crippen LogP contribution in [0.4, 0.5) is 0 Å². The standard InChI is InChI=1S/C21H39ClO2/c1-2-3-4-5-6-7-8-9-10-11-12-13-14-15-16-17-20-24-21(23)18-19-22/h9-10H,2-8,11-20H2,1H3. The zero-order valence-corrected chi connectivity index (χ0v) is 16.6. The highest BCUT2D eigenvalue weighted by Crippen LogP contribution is 2.10. The van der Waals surface area contributed by atoms with Crippen molar-refractivity contribution in [2.24, 2.45) is 0 Å². The van der Waals surface area contributed by atoms with Gasteiger partial charge in [0.05, 0.1) is 13.0 Å². The summed E-state index contributed by atoms with van der Waals surface area (Å²) >= 11 is 5.47. The van der Waals surface area contributed by atoms with Gasteiger partial charge >= 0.3 is 5.97 Å². The van der Waals surface area contributed by atoms with Gasteiger partial charge in [-0.3, -0.25) is 4.79 Å². The molecule has 3 heteroatoms. The lowest BCUT2D eigenvalue weighted by Crippen LogP contribution is -2.05. The van der Waals surface area contributed by atoms with E-state index in [1.54, 1.807) is 0 Å². The van der Waals surface area contributed by atoms with Crippen molar-refractivity contribution in [2.75, 3.05) is 12.5 Å². The highest BCUT2D eigenvalue weighted by Gasteiger charge is 2.00. The lowest BCUT2D eigenvalue weighted by atomic mass is 10.1. The Morgan fingerprint density at radius 1 is 0.792 bits per heavy atom. The van der Waals surface area contributed by atoms with E-state index in [9.17, 15) is 4.79 Å². The minimum absolute atomic E-state index is 0.169. The third kappa shape index (κ3) is 19.5. The van der Waals surface area contributed by atoms with Crippen LogP contribution in [-0.4, -0.2) is 18.5 Å². The van der Waals surface area contributed by atoms with Crippen LogP contribution in [0.1, 0.15) is 103 Å². The molecule has 2 nitrogen and oxygen atoms in total. The molecular formula is C21H39ClO2. The average molecular weight is 359 g/mol. The normalized spacial score (nSPS) is 11.2. The Morgan fingerprint density at radius 2 is 1.29 bits per heavy atom. The SMILES string of the molecule is CCCCCCCCC=CCCCCCCCCOC(=O)CCCl. The average Bonchev–Trinajstić information content (AvgIpc) is 2.58. The van der Waals surface area contributed by atoms with Crippen LogP contribution >= 0.6 is 11.6 Å². The van der Waals surface area contributed by atoms with E-state index < -0.39 is 0 Å². The van der Waals surface area contributed by atoms with Gasteiger partial charge in [-0.2, -0.15) is 0 Å². The Balaban J connectivity index is 3.11. The Kier molecular flexibility index (Phi) is 20.1. The third-order valence-corrected chi connectivity index (χ3v) is 4.41. The van der Waals surface area contributed by atoms with E-state index in [1.165, 1.54) is 77.0 Å². The Bertz CT molecular complexity index is 290. The van der Waals surface area contributed by atoms with Crippen molar-refractivity contribution in [3.8, 4) is 0 Å². The summed E-state index contributed by atoms with van der Waals surface area (Å²) < 4.78 is 5.07. The van der Waals surface area contributed by atoms with Crippen molar-refractivity contribution < 1.29 is 9.53 Å². The Hall–Kier alpha value is -0.500.